The Morgan fingerprint density at radius 3 is 2.90 bits per heavy atom. The molecule has 0 radical (unpaired) electrons. The molecule has 6 rings (SSSR count). The Morgan fingerprint density at radius 1 is 1.38 bits per heavy atom. The summed E-state index contributed by atoms with van der Waals surface area (Å²) in [5.74, 6) is 0.335. The highest BCUT2D eigenvalue weighted by Crippen LogP contribution is 2.72. The molecule has 6 aliphatic rings. The topological polar surface area (TPSA) is 77.5 Å². The standard InChI is InChI=1S/C22H31NO6/c1-5-12(24)9-21-14-6-7-23(21)13-8-15(21)28-22(14)16(13)10(2)18(29-22)19-17(26-4)11(3)20(25)27-19/h10,12-16,18-19,24H,5-9H2,1-4H3/t10-,12-,13+,14+,15-,16+,18-,19+,21-,22+/m0/s1. The van der Waals surface area contributed by atoms with E-state index in [-0.39, 0.29) is 47.6 Å². The number of carbonyl (C=O) groups is 1. The van der Waals surface area contributed by atoms with Crippen molar-refractivity contribution < 1.29 is 28.8 Å². The number of methoxy groups -OCH3 is 1. The number of carbonyl (C=O) groups excluding carboxylic acids is 1. The van der Waals surface area contributed by atoms with Crippen molar-refractivity contribution in [3.8, 4) is 0 Å². The number of hydrogen-bond acceptors (Lipinski definition) is 7. The van der Waals surface area contributed by atoms with Crippen LogP contribution in [0.3, 0.4) is 0 Å². The molecule has 0 saturated carbocycles. The largest absolute Gasteiger partial charge is 0.496 e. The van der Waals surface area contributed by atoms with E-state index in [0.29, 0.717) is 17.4 Å². The van der Waals surface area contributed by atoms with E-state index in [1.165, 1.54) is 0 Å². The van der Waals surface area contributed by atoms with Gasteiger partial charge in [0, 0.05) is 17.9 Å². The van der Waals surface area contributed by atoms with Crippen LogP contribution in [0.5, 0.6) is 0 Å². The van der Waals surface area contributed by atoms with Crippen LogP contribution < -0.4 is 0 Å². The molecule has 6 heterocycles. The summed E-state index contributed by atoms with van der Waals surface area (Å²) in [6.45, 7) is 7.06. The molecule has 0 aliphatic carbocycles. The first-order chi connectivity index (χ1) is 13.9. The Labute approximate surface area is 171 Å². The van der Waals surface area contributed by atoms with Crippen LogP contribution in [0, 0.1) is 17.8 Å². The zero-order valence-corrected chi connectivity index (χ0v) is 17.6. The quantitative estimate of drug-likeness (QED) is 0.696. The summed E-state index contributed by atoms with van der Waals surface area (Å²) in [5, 5.41) is 10.6. The molecule has 5 bridgehead atoms. The molecule has 11 atom stereocenters. The normalized spacial score (nSPS) is 55.0. The van der Waals surface area contributed by atoms with Crippen LogP contribution in [-0.2, 0) is 23.7 Å². The van der Waals surface area contributed by atoms with Gasteiger partial charge in [-0.05, 0) is 45.1 Å². The van der Waals surface area contributed by atoms with E-state index in [4.69, 9.17) is 18.9 Å². The van der Waals surface area contributed by atoms with Gasteiger partial charge in [-0.3, -0.25) is 4.90 Å². The van der Waals surface area contributed by atoms with Gasteiger partial charge in [0.1, 0.15) is 11.9 Å². The molecule has 160 valence electrons. The highest BCUT2D eigenvalue weighted by Gasteiger charge is 2.84. The van der Waals surface area contributed by atoms with E-state index in [1.807, 2.05) is 6.92 Å². The van der Waals surface area contributed by atoms with Gasteiger partial charge < -0.3 is 24.1 Å². The highest BCUT2D eigenvalue weighted by molar-refractivity contribution is 5.91. The van der Waals surface area contributed by atoms with E-state index in [1.54, 1.807) is 14.0 Å². The van der Waals surface area contributed by atoms with Crippen LogP contribution >= 0.6 is 0 Å². The molecular formula is C22H31NO6. The fourth-order valence-electron chi connectivity index (χ4n) is 8.02. The lowest BCUT2D eigenvalue weighted by Gasteiger charge is -2.49. The number of fused-ring (bicyclic) bond motifs is 1. The molecule has 7 heteroatoms. The lowest BCUT2D eigenvalue weighted by molar-refractivity contribution is -0.280. The lowest BCUT2D eigenvalue weighted by Crippen LogP contribution is -2.61. The number of piperidine rings is 1. The molecule has 6 aliphatic heterocycles. The summed E-state index contributed by atoms with van der Waals surface area (Å²) in [6.07, 6.45) is 2.59. The third-order valence-electron chi connectivity index (χ3n) is 9.03. The molecular weight excluding hydrogens is 374 g/mol. The number of aliphatic hydroxyl groups is 1. The Kier molecular flexibility index (Phi) is 3.69. The molecule has 7 nitrogen and oxygen atoms in total. The average molecular weight is 405 g/mol. The van der Waals surface area contributed by atoms with Gasteiger partial charge in [0.15, 0.2) is 11.9 Å². The first kappa shape index (κ1) is 18.6. The molecule has 0 amide bonds. The van der Waals surface area contributed by atoms with Gasteiger partial charge in [-0.15, -0.1) is 0 Å². The third-order valence-corrected chi connectivity index (χ3v) is 9.03. The van der Waals surface area contributed by atoms with Gasteiger partial charge in [0.25, 0.3) is 0 Å². The minimum Gasteiger partial charge on any atom is -0.496 e. The number of aliphatic hydroxyl groups excluding tert-OH is 1. The Hall–Kier alpha value is -1.15. The fourth-order valence-corrected chi connectivity index (χ4v) is 8.02. The first-order valence-corrected chi connectivity index (χ1v) is 11.1. The third kappa shape index (κ3) is 1.92. The van der Waals surface area contributed by atoms with Crippen molar-refractivity contribution in [2.75, 3.05) is 13.7 Å². The van der Waals surface area contributed by atoms with Crippen molar-refractivity contribution >= 4 is 5.97 Å². The molecule has 0 aromatic heterocycles. The SMILES string of the molecule is CC[C@H](O)C[C@@]12[C@@H]3C[C@@H]4[C@H]5[C@H](C)[C@@H]([C@@H]6OC(=O)C(C)=C6OC)O[C@]5(O3)[C@@H]1CCN42. The maximum atomic E-state index is 12.2. The van der Waals surface area contributed by atoms with Crippen molar-refractivity contribution in [1.82, 2.24) is 4.90 Å². The predicted molar refractivity (Wildman–Crippen MR) is 102 cm³/mol. The van der Waals surface area contributed by atoms with E-state index in [9.17, 15) is 9.90 Å². The summed E-state index contributed by atoms with van der Waals surface area (Å²) >= 11 is 0. The number of rotatable bonds is 5. The number of esters is 1. The second-order valence-corrected chi connectivity index (χ2v) is 9.91. The van der Waals surface area contributed by atoms with Crippen molar-refractivity contribution in [2.45, 2.75) is 88.2 Å². The molecule has 29 heavy (non-hydrogen) atoms. The van der Waals surface area contributed by atoms with E-state index < -0.39 is 11.9 Å². The van der Waals surface area contributed by atoms with Gasteiger partial charge in [0.05, 0.1) is 30.4 Å². The lowest BCUT2D eigenvalue weighted by atomic mass is 9.69. The molecule has 5 saturated heterocycles. The van der Waals surface area contributed by atoms with Crippen molar-refractivity contribution in [1.29, 1.82) is 0 Å². The second-order valence-electron chi connectivity index (χ2n) is 9.91. The number of cyclic esters (lactones) is 1. The maximum Gasteiger partial charge on any atom is 0.338 e. The predicted octanol–water partition coefficient (Wildman–Crippen LogP) is 1.59. The van der Waals surface area contributed by atoms with Crippen LogP contribution in [-0.4, -0.2) is 71.4 Å². The van der Waals surface area contributed by atoms with E-state index >= 15 is 0 Å². The smallest absolute Gasteiger partial charge is 0.338 e. The zero-order chi connectivity index (χ0) is 20.3. The minimum absolute atomic E-state index is 0.104. The monoisotopic (exact) mass is 405 g/mol. The Bertz CT molecular complexity index is 798. The minimum atomic E-state index is -0.625. The van der Waals surface area contributed by atoms with Crippen LogP contribution in [0.15, 0.2) is 11.3 Å². The summed E-state index contributed by atoms with van der Waals surface area (Å²) < 4.78 is 24.8. The highest BCUT2D eigenvalue weighted by atomic mass is 16.7. The van der Waals surface area contributed by atoms with E-state index in [0.717, 1.165) is 32.2 Å². The van der Waals surface area contributed by atoms with Gasteiger partial charge >= 0.3 is 5.97 Å². The van der Waals surface area contributed by atoms with Crippen LogP contribution in [0.1, 0.15) is 46.5 Å². The molecule has 1 spiro atoms. The number of ether oxygens (including phenoxy) is 4. The van der Waals surface area contributed by atoms with Gasteiger partial charge in [-0.25, -0.2) is 4.79 Å². The Morgan fingerprint density at radius 2 is 2.17 bits per heavy atom. The summed E-state index contributed by atoms with van der Waals surface area (Å²) in [6, 6.07) is 0.407. The Balaban J connectivity index is 1.39. The molecule has 5 fully saturated rings. The fraction of sp³-hybridized carbons (Fsp3) is 0.864. The average Bonchev–Trinajstić information content (AvgIpc) is 3.40. The second kappa shape index (κ2) is 5.75. The van der Waals surface area contributed by atoms with E-state index in [2.05, 4.69) is 11.8 Å². The van der Waals surface area contributed by atoms with Crippen LogP contribution in [0.25, 0.3) is 0 Å². The van der Waals surface area contributed by atoms with Crippen molar-refractivity contribution in [2.24, 2.45) is 17.8 Å². The maximum absolute atomic E-state index is 12.2. The summed E-state index contributed by atoms with van der Waals surface area (Å²) in [5.41, 5.74) is 0.427. The number of hydrogen-bond donors (Lipinski definition) is 1. The van der Waals surface area contributed by atoms with Gasteiger partial charge in [-0.1, -0.05) is 13.8 Å². The van der Waals surface area contributed by atoms with Gasteiger partial charge in [0.2, 0.25) is 0 Å². The van der Waals surface area contributed by atoms with Crippen molar-refractivity contribution in [3.05, 3.63) is 11.3 Å². The number of nitrogens with zero attached hydrogens (tertiary/aromatic N) is 1. The van der Waals surface area contributed by atoms with Crippen LogP contribution in [0.2, 0.25) is 0 Å². The zero-order valence-electron chi connectivity index (χ0n) is 17.6. The molecule has 1 unspecified atom stereocenters. The molecule has 0 aromatic carbocycles. The molecule has 1 N–H and O–H groups in total. The van der Waals surface area contributed by atoms with Crippen molar-refractivity contribution in [3.63, 3.8) is 0 Å². The van der Waals surface area contributed by atoms with Gasteiger partial charge in [-0.2, -0.15) is 0 Å². The first-order valence-electron chi connectivity index (χ1n) is 11.1. The van der Waals surface area contributed by atoms with Crippen LogP contribution in [0.4, 0.5) is 0 Å². The summed E-state index contributed by atoms with van der Waals surface area (Å²) in [4.78, 5) is 14.9. The molecule has 0 aromatic rings. The summed E-state index contributed by atoms with van der Waals surface area (Å²) in [7, 11) is 1.59.